The summed E-state index contributed by atoms with van der Waals surface area (Å²) in [5, 5.41) is 0. The van der Waals surface area contributed by atoms with Gasteiger partial charge in [-0.2, -0.15) is 0 Å². The van der Waals surface area contributed by atoms with Crippen molar-refractivity contribution in [3.63, 3.8) is 0 Å². The number of rotatable bonds is 6. The lowest BCUT2D eigenvalue weighted by Gasteiger charge is -2.37. The van der Waals surface area contributed by atoms with Gasteiger partial charge in [0.25, 0.3) is 0 Å². The lowest BCUT2D eigenvalue weighted by Crippen LogP contribution is -2.46. The topological polar surface area (TPSA) is 66.4 Å². The fraction of sp³-hybridized carbons (Fsp3) is 0.643. The molecule has 0 spiro atoms. The van der Waals surface area contributed by atoms with Gasteiger partial charge in [-0.25, -0.2) is 4.98 Å². The second-order valence-corrected chi connectivity index (χ2v) is 10.5. The van der Waals surface area contributed by atoms with Gasteiger partial charge in [-0.05, 0) is 83.2 Å². The van der Waals surface area contributed by atoms with E-state index in [9.17, 15) is 9.59 Å². The first-order chi connectivity index (χ1) is 16.7. The Morgan fingerprint density at radius 2 is 1.79 bits per heavy atom. The summed E-state index contributed by atoms with van der Waals surface area (Å²) < 4.78 is 0. The summed E-state index contributed by atoms with van der Waals surface area (Å²) in [6, 6.07) is 0.666. The van der Waals surface area contributed by atoms with Crippen LogP contribution in [-0.4, -0.2) is 63.7 Å². The Morgan fingerprint density at radius 1 is 0.971 bits per heavy atom. The Balaban J connectivity index is 1.15. The Morgan fingerprint density at radius 3 is 2.50 bits per heavy atom. The monoisotopic (exact) mass is 462 g/mol. The predicted octanol–water partition coefficient (Wildman–Crippen LogP) is 4.69. The zero-order chi connectivity index (χ0) is 23.3. The molecule has 2 aliphatic heterocycles. The number of hydrogen-bond acceptors (Lipinski definition) is 5. The van der Waals surface area contributed by atoms with Crippen molar-refractivity contribution in [1.82, 2.24) is 19.8 Å². The van der Waals surface area contributed by atoms with E-state index in [0.717, 1.165) is 75.7 Å². The van der Waals surface area contributed by atoms with E-state index in [2.05, 4.69) is 33.0 Å². The largest absolute Gasteiger partial charge is 0.339 e. The average Bonchev–Trinajstić information content (AvgIpc) is 3.44. The number of aromatic nitrogens is 2. The second kappa shape index (κ2) is 10.9. The highest BCUT2D eigenvalue weighted by Crippen LogP contribution is 2.32. The van der Waals surface area contributed by atoms with Crippen LogP contribution in [0.1, 0.15) is 92.7 Å². The van der Waals surface area contributed by atoms with Gasteiger partial charge < -0.3 is 9.80 Å². The number of hydrogen-bond donors (Lipinski definition) is 0. The van der Waals surface area contributed by atoms with Crippen molar-refractivity contribution < 1.29 is 9.59 Å². The van der Waals surface area contributed by atoms with Gasteiger partial charge in [-0.1, -0.05) is 18.2 Å². The summed E-state index contributed by atoms with van der Waals surface area (Å²) in [6.45, 7) is 4.23. The molecule has 3 heterocycles. The van der Waals surface area contributed by atoms with Gasteiger partial charge in [0.15, 0.2) is 5.78 Å². The van der Waals surface area contributed by atoms with Gasteiger partial charge >= 0.3 is 0 Å². The lowest BCUT2D eigenvalue weighted by molar-refractivity contribution is -0.128. The molecule has 4 aliphatic rings. The molecule has 2 atom stereocenters. The molecule has 34 heavy (non-hydrogen) atoms. The van der Waals surface area contributed by atoms with Crippen molar-refractivity contribution in [2.75, 3.05) is 26.2 Å². The molecule has 1 aromatic heterocycles. The van der Waals surface area contributed by atoms with Gasteiger partial charge in [0.05, 0.1) is 11.9 Å². The van der Waals surface area contributed by atoms with Gasteiger partial charge in [0, 0.05) is 43.2 Å². The van der Waals surface area contributed by atoms with E-state index in [1.807, 2.05) is 0 Å². The van der Waals surface area contributed by atoms with Crippen LogP contribution in [0.25, 0.3) is 0 Å². The summed E-state index contributed by atoms with van der Waals surface area (Å²) in [5.74, 6) is 0.880. The zero-order valence-electron chi connectivity index (χ0n) is 20.3. The maximum absolute atomic E-state index is 13.1. The molecule has 2 saturated heterocycles. The van der Waals surface area contributed by atoms with Crippen molar-refractivity contribution >= 4 is 11.7 Å². The third kappa shape index (κ3) is 5.48. The molecule has 0 N–H and O–H groups in total. The number of nitrogens with zero attached hydrogens (tertiary/aromatic N) is 4. The molecule has 2 fully saturated rings. The first-order valence-electron chi connectivity index (χ1n) is 13.4. The van der Waals surface area contributed by atoms with Crippen molar-refractivity contribution in [2.24, 2.45) is 5.92 Å². The number of Topliss-reactive ketones (excluding diaryl/α,β-unsaturated/α-hetero) is 1. The summed E-state index contributed by atoms with van der Waals surface area (Å²) in [4.78, 5) is 39.6. The maximum Gasteiger partial charge on any atom is 0.249 e. The van der Waals surface area contributed by atoms with E-state index in [0.29, 0.717) is 24.1 Å². The van der Waals surface area contributed by atoms with E-state index in [4.69, 9.17) is 4.98 Å². The van der Waals surface area contributed by atoms with Crippen LogP contribution < -0.4 is 0 Å². The Hall–Kier alpha value is -2.34. The van der Waals surface area contributed by atoms with Crippen LogP contribution in [0.4, 0.5) is 0 Å². The van der Waals surface area contributed by atoms with E-state index in [1.54, 1.807) is 12.4 Å². The molecule has 6 nitrogen and oxygen atoms in total. The summed E-state index contributed by atoms with van der Waals surface area (Å²) in [7, 11) is 0. The Bertz CT molecular complexity index is 941. The van der Waals surface area contributed by atoms with Crippen LogP contribution >= 0.6 is 0 Å². The first-order valence-corrected chi connectivity index (χ1v) is 13.4. The fourth-order valence-electron chi connectivity index (χ4n) is 6.15. The maximum atomic E-state index is 13.1. The van der Waals surface area contributed by atoms with Gasteiger partial charge in [-0.15, -0.1) is 0 Å². The third-order valence-electron chi connectivity index (χ3n) is 8.25. The highest BCUT2D eigenvalue weighted by atomic mass is 16.2. The molecular formula is C28H38N4O2. The van der Waals surface area contributed by atoms with Gasteiger partial charge in [-0.3, -0.25) is 14.6 Å². The van der Waals surface area contributed by atoms with Gasteiger partial charge in [0.1, 0.15) is 5.69 Å². The Kier molecular flexibility index (Phi) is 7.53. The van der Waals surface area contributed by atoms with Gasteiger partial charge in [0.2, 0.25) is 5.91 Å². The lowest BCUT2D eigenvalue weighted by atomic mass is 9.86. The molecule has 0 aromatic carbocycles. The van der Waals surface area contributed by atoms with Crippen molar-refractivity contribution in [3.8, 4) is 0 Å². The van der Waals surface area contributed by atoms with E-state index in [-0.39, 0.29) is 17.6 Å². The average molecular weight is 463 g/mol. The second-order valence-electron chi connectivity index (χ2n) is 10.5. The van der Waals surface area contributed by atoms with Crippen LogP contribution in [0.15, 0.2) is 36.2 Å². The van der Waals surface area contributed by atoms with Crippen LogP contribution in [-0.2, 0) is 4.79 Å². The van der Waals surface area contributed by atoms with E-state index in [1.165, 1.54) is 25.9 Å². The molecule has 0 bridgehead atoms. The van der Waals surface area contributed by atoms with Crippen molar-refractivity contribution in [3.05, 3.63) is 47.6 Å². The number of carbonyl (C=O) groups excluding carboxylic acids is 2. The molecule has 6 heteroatoms. The smallest absolute Gasteiger partial charge is 0.249 e. The summed E-state index contributed by atoms with van der Waals surface area (Å²) >= 11 is 0. The molecule has 2 unspecified atom stereocenters. The standard InChI is InChI=1S/C28H38N4O2/c33-27(18-21-6-2-1-3-7-21)26-20-29-19-25(30-26)22-8-10-23(11-9-22)28(34)32-16-12-24(13-17-32)31-14-4-5-15-31/h2,6,10,19-22,24H,1,3-5,7-9,11-18H2. The summed E-state index contributed by atoms with van der Waals surface area (Å²) in [6.07, 6.45) is 21.1. The molecule has 0 saturated carbocycles. The highest BCUT2D eigenvalue weighted by molar-refractivity contribution is 5.94. The number of allylic oxidation sites excluding steroid dienone is 3. The SMILES string of the molecule is O=C(CC1C=CCCC1)c1cncc(C2CC=C(C(=O)N3CCC(N4CCCC4)CC3)CC2)n1. The number of amides is 1. The predicted molar refractivity (Wildman–Crippen MR) is 133 cm³/mol. The normalized spacial score (nSPS) is 26.5. The third-order valence-corrected chi connectivity index (χ3v) is 8.25. The van der Waals surface area contributed by atoms with Crippen molar-refractivity contribution in [2.45, 2.75) is 82.6 Å². The molecule has 1 amide bonds. The van der Waals surface area contributed by atoms with Crippen LogP contribution in [0, 0.1) is 5.92 Å². The highest BCUT2D eigenvalue weighted by Gasteiger charge is 2.30. The van der Waals surface area contributed by atoms with Crippen LogP contribution in [0.2, 0.25) is 0 Å². The van der Waals surface area contributed by atoms with Crippen molar-refractivity contribution in [1.29, 1.82) is 0 Å². The minimum Gasteiger partial charge on any atom is -0.339 e. The number of carbonyl (C=O) groups is 2. The molecule has 2 aliphatic carbocycles. The number of ketones is 1. The zero-order valence-corrected chi connectivity index (χ0v) is 20.3. The quantitative estimate of drug-likeness (QED) is 0.453. The molecule has 5 rings (SSSR count). The number of likely N-dealkylation sites (tertiary alicyclic amines) is 2. The van der Waals surface area contributed by atoms with Crippen LogP contribution in [0.3, 0.4) is 0 Å². The minimum atomic E-state index is 0.0884. The summed E-state index contributed by atoms with van der Waals surface area (Å²) in [5.41, 5.74) is 2.34. The number of piperidine rings is 1. The Labute approximate surface area is 203 Å². The molecular weight excluding hydrogens is 424 g/mol. The molecule has 182 valence electrons. The molecule has 1 aromatic rings. The fourth-order valence-corrected chi connectivity index (χ4v) is 6.15. The molecule has 0 radical (unpaired) electrons. The van der Waals surface area contributed by atoms with E-state index >= 15 is 0 Å². The van der Waals surface area contributed by atoms with Crippen LogP contribution in [0.5, 0.6) is 0 Å². The first kappa shape index (κ1) is 23.4. The van der Waals surface area contributed by atoms with E-state index < -0.39 is 0 Å². The minimum absolute atomic E-state index is 0.0884.